The van der Waals surface area contributed by atoms with Crippen molar-refractivity contribution in [2.75, 3.05) is 26.8 Å². The predicted octanol–water partition coefficient (Wildman–Crippen LogP) is 6.21. The third-order valence-corrected chi connectivity index (χ3v) is 9.13. The zero-order chi connectivity index (χ0) is 30.9. The molecule has 3 aromatic heterocycles. The van der Waals surface area contributed by atoms with Crippen molar-refractivity contribution in [3.05, 3.63) is 95.3 Å². The minimum Gasteiger partial charge on any atom is -0.473 e. The number of esters is 1. The van der Waals surface area contributed by atoms with Crippen LogP contribution in [0.1, 0.15) is 65.6 Å². The van der Waals surface area contributed by atoms with Crippen LogP contribution in [-0.2, 0) is 22.6 Å². The summed E-state index contributed by atoms with van der Waals surface area (Å²) in [6.45, 7) is 5.83. The lowest BCUT2D eigenvalue weighted by molar-refractivity contribution is -0.0594. The molecule has 5 heterocycles. The van der Waals surface area contributed by atoms with Crippen LogP contribution in [0.4, 0.5) is 4.39 Å². The van der Waals surface area contributed by atoms with Crippen LogP contribution in [0.25, 0.3) is 21.9 Å². The van der Waals surface area contributed by atoms with E-state index in [1.807, 2.05) is 42.5 Å². The highest BCUT2D eigenvalue weighted by Crippen LogP contribution is 2.34. The summed E-state index contributed by atoms with van der Waals surface area (Å²) in [6.07, 6.45) is 4.35. The fourth-order valence-electron chi connectivity index (χ4n) is 6.48. The molecule has 0 amide bonds. The third kappa shape index (κ3) is 6.00. The van der Waals surface area contributed by atoms with Crippen LogP contribution in [0.5, 0.6) is 5.88 Å². The van der Waals surface area contributed by atoms with Crippen LogP contribution < -0.4 is 4.74 Å². The summed E-state index contributed by atoms with van der Waals surface area (Å²) in [7, 11) is 1.40. The van der Waals surface area contributed by atoms with Crippen LogP contribution in [-0.4, -0.2) is 63.3 Å². The van der Waals surface area contributed by atoms with Crippen molar-refractivity contribution in [3.8, 4) is 5.88 Å². The Hall–Kier alpha value is -4.41. The van der Waals surface area contributed by atoms with Gasteiger partial charge in [-0.05, 0) is 69.6 Å². The van der Waals surface area contributed by atoms with E-state index < -0.39 is 0 Å². The van der Waals surface area contributed by atoms with Gasteiger partial charge in [-0.3, -0.25) is 9.88 Å². The van der Waals surface area contributed by atoms with E-state index in [-0.39, 0.29) is 23.9 Å². The molecular weight excluding hydrogens is 573 g/mol. The molecule has 0 bridgehead atoms. The largest absolute Gasteiger partial charge is 0.473 e. The summed E-state index contributed by atoms with van der Waals surface area (Å²) in [4.78, 5) is 28.9. The van der Waals surface area contributed by atoms with Gasteiger partial charge in [0.1, 0.15) is 18.2 Å². The molecular formula is C35H36FN5O4. The Morgan fingerprint density at radius 1 is 1.07 bits per heavy atom. The average Bonchev–Trinajstić information content (AvgIpc) is 3.42. The summed E-state index contributed by atoms with van der Waals surface area (Å²) in [5.41, 5.74) is 4.96. The molecule has 2 aromatic carbocycles. The molecule has 7 rings (SSSR count). The van der Waals surface area contributed by atoms with Gasteiger partial charge in [0.05, 0.1) is 54.1 Å². The van der Waals surface area contributed by atoms with Gasteiger partial charge in [0.25, 0.3) is 0 Å². The monoisotopic (exact) mass is 609 g/mol. The van der Waals surface area contributed by atoms with Gasteiger partial charge in [0.2, 0.25) is 5.88 Å². The lowest BCUT2D eigenvalue weighted by atomic mass is 9.92. The van der Waals surface area contributed by atoms with Gasteiger partial charge in [0.15, 0.2) is 0 Å². The van der Waals surface area contributed by atoms with Gasteiger partial charge in [-0.25, -0.2) is 19.2 Å². The van der Waals surface area contributed by atoms with E-state index in [9.17, 15) is 9.18 Å². The maximum atomic E-state index is 13.6. The normalized spacial score (nSPS) is 18.2. The van der Waals surface area contributed by atoms with Crippen LogP contribution in [0.3, 0.4) is 0 Å². The van der Waals surface area contributed by atoms with Crippen LogP contribution in [0.15, 0.2) is 66.9 Å². The second kappa shape index (κ2) is 12.5. The van der Waals surface area contributed by atoms with Gasteiger partial charge in [-0.1, -0.05) is 24.3 Å². The molecule has 9 nitrogen and oxygen atoms in total. The lowest BCUT2D eigenvalue weighted by Crippen LogP contribution is -2.37. The predicted molar refractivity (Wildman–Crippen MR) is 168 cm³/mol. The quantitative estimate of drug-likeness (QED) is 0.182. The first-order chi connectivity index (χ1) is 22.0. The van der Waals surface area contributed by atoms with Gasteiger partial charge < -0.3 is 18.8 Å². The molecule has 1 unspecified atom stereocenters. The topological polar surface area (TPSA) is 91.6 Å². The Bertz CT molecular complexity index is 1850. The zero-order valence-corrected chi connectivity index (χ0v) is 25.5. The number of para-hydroxylation sites is 1. The Morgan fingerprint density at radius 3 is 2.67 bits per heavy atom. The van der Waals surface area contributed by atoms with Crippen LogP contribution in [0.2, 0.25) is 0 Å². The maximum absolute atomic E-state index is 13.6. The molecule has 232 valence electrons. The first-order valence-electron chi connectivity index (χ1n) is 15.5. The number of aromatic nitrogens is 4. The molecule has 2 saturated heterocycles. The summed E-state index contributed by atoms with van der Waals surface area (Å²) < 4.78 is 32.7. The van der Waals surface area contributed by atoms with Crippen molar-refractivity contribution in [2.24, 2.45) is 0 Å². The second-order valence-corrected chi connectivity index (χ2v) is 11.9. The number of halogens is 1. The van der Waals surface area contributed by atoms with Gasteiger partial charge in [-0.15, -0.1) is 0 Å². The number of imidazole rings is 1. The molecule has 2 atom stereocenters. The number of pyridine rings is 2. The number of piperidine rings is 1. The fourth-order valence-corrected chi connectivity index (χ4v) is 6.48. The molecule has 10 heteroatoms. The van der Waals surface area contributed by atoms with Gasteiger partial charge in [-0.2, -0.15) is 0 Å². The molecule has 2 fully saturated rings. The molecule has 0 spiro atoms. The van der Waals surface area contributed by atoms with E-state index >= 15 is 0 Å². The lowest BCUT2D eigenvalue weighted by Gasteiger charge is -2.36. The summed E-state index contributed by atoms with van der Waals surface area (Å²) in [5, 5.41) is 0.747. The number of likely N-dealkylation sites (tertiary alicyclic amines) is 1. The van der Waals surface area contributed by atoms with E-state index in [2.05, 4.69) is 27.4 Å². The number of methoxy groups -OCH3 is 1. The third-order valence-electron chi connectivity index (χ3n) is 9.13. The first kappa shape index (κ1) is 29.3. The van der Waals surface area contributed by atoms with E-state index in [1.54, 1.807) is 6.07 Å². The fraction of sp³-hybridized carbons (Fsp3) is 0.371. The number of ether oxygens (including phenoxy) is 3. The number of hydrogen-bond donors (Lipinski definition) is 0. The standard InChI is InChI=1S/C35H36FN5O4/c1-22(34-39-30-10-9-25(35(42)43-2)18-31(30)41(34)20-28-13-16-44-28)40-14-11-23(12-15-40)29-7-4-8-32(38-29)45-21-26-6-3-5-24-17-27(36)19-37-33(24)26/h3-10,17-19,22-23,28H,11-16,20-21H2,1-2H3/t22-,28?/m0/s1. The van der Waals surface area contributed by atoms with Gasteiger partial charge >= 0.3 is 5.97 Å². The number of rotatable bonds is 9. The van der Waals surface area contributed by atoms with E-state index in [1.165, 1.54) is 19.4 Å². The SMILES string of the molecule is COC(=O)c1ccc2nc([C@H](C)N3CCC(c4cccc(OCc5cccc6cc(F)cnc56)n4)CC3)n(CC3CCO3)c2c1. The molecule has 2 aliphatic heterocycles. The van der Waals surface area contributed by atoms with Crippen molar-refractivity contribution in [2.45, 2.75) is 57.4 Å². The molecule has 0 aliphatic carbocycles. The summed E-state index contributed by atoms with van der Waals surface area (Å²) in [5.74, 6) is 1.17. The summed E-state index contributed by atoms with van der Waals surface area (Å²) in [6, 6.07) is 18.8. The Morgan fingerprint density at radius 2 is 1.89 bits per heavy atom. The first-order valence-corrected chi connectivity index (χ1v) is 15.5. The number of nitrogens with zero attached hydrogens (tertiary/aromatic N) is 5. The molecule has 2 aliphatic rings. The number of hydrogen-bond acceptors (Lipinski definition) is 8. The Balaban J connectivity index is 1.04. The smallest absolute Gasteiger partial charge is 0.337 e. The van der Waals surface area contributed by atoms with Gasteiger partial charge in [0, 0.05) is 35.2 Å². The van der Waals surface area contributed by atoms with Crippen LogP contribution in [0, 0.1) is 5.82 Å². The van der Waals surface area contributed by atoms with Crippen molar-refractivity contribution < 1.29 is 23.4 Å². The highest BCUT2D eigenvalue weighted by Gasteiger charge is 2.30. The zero-order valence-electron chi connectivity index (χ0n) is 25.5. The highest BCUT2D eigenvalue weighted by atomic mass is 19.1. The molecule has 45 heavy (non-hydrogen) atoms. The van der Waals surface area contributed by atoms with Crippen LogP contribution >= 0.6 is 0 Å². The molecule has 0 radical (unpaired) electrons. The number of fused-ring (bicyclic) bond motifs is 2. The summed E-state index contributed by atoms with van der Waals surface area (Å²) >= 11 is 0. The van der Waals surface area contributed by atoms with Crippen molar-refractivity contribution in [3.63, 3.8) is 0 Å². The van der Waals surface area contributed by atoms with Crippen molar-refractivity contribution >= 4 is 27.9 Å². The Kier molecular flexibility index (Phi) is 8.16. The minimum atomic E-state index is -0.355. The molecule has 0 saturated carbocycles. The Labute approximate surface area is 261 Å². The number of carbonyl (C=O) groups is 1. The number of carbonyl (C=O) groups excluding carboxylic acids is 1. The van der Waals surface area contributed by atoms with E-state index in [0.717, 1.165) is 78.0 Å². The van der Waals surface area contributed by atoms with Crippen molar-refractivity contribution in [1.29, 1.82) is 0 Å². The maximum Gasteiger partial charge on any atom is 0.337 e. The minimum absolute atomic E-state index is 0.0883. The molecule has 0 N–H and O–H groups in total. The van der Waals surface area contributed by atoms with E-state index in [0.29, 0.717) is 30.5 Å². The molecule has 5 aromatic rings. The number of benzene rings is 2. The van der Waals surface area contributed by atoms with E-state index in [4.69, 9.17) is 24.2 Å². The highest BCUT2D eigenvalue weighted by molar-refractivity contribution is 5.93. The average molecular weight is 610 g/mol. The van der Waals surface area contributed by atoms with Crippen molar-refractivity contribution in [1.82, 2.24) is 24.4 Å². The second-order valence-electron chi connectivity index (χ2n) is 11.9.